The molecule has 1 aliphatic carbocycles. The summed E-state index contributed by atoms with van der Waals surface area (Å²) in [4.78, 5) is 11.4. The Morgan fingerprint density at radius 3 is 2.86 bits per heavy atom. The van der Waals surface area contributed by atoms with Crippen LogP contribution in [0, 0.1) is 11.3 Å². The maximum Gasteiger partial charge on any atom is 0.262 e. The van der Waals surface area contributed by atoms with Crippen LogP contribution < -0.4 is 0 Å². The van der Waals surface area contributed by atoms with E-state index in [0.29, 0.717) is 10.6 Å². The van der Waals surface area contributed by atoms with Gasteiger partial charge in [-0.25, -0.2) is 4.39 Å². The Balaban J connectivity index is 2.63. The first-order valence-electron chi connectivity index (χ1n) is 4.01. The van der Waals surface area contributed by atoms with Crippen molar-refractivity contribution in [3.63, 3.8) is 0 Å². The molecule has 0 saturated heterocycles. The molecule has 14 heavy (non-hydrogen) atoms. The molecule has 2 rings (SSSR count). The van der Waals surface area contributed by atoms with Gasteiger partial charge in [-0.3, -0.25) is 4.79 Å². The van der Waals surface area contributed by atoms with E-state index in [1.807, 2.05) is 0 Å². The first-order valence-corrected chi connectivity index (χ1v) is 4.38. The number of ketones is 1. The van der Waals surface area contributed by atoms with Crippen LogP contribution in [0.4, 0.5) is 4.39 Å². The molecule has 0 spiro atoms. The zero-order chi connectivity index (χ0) is 10.3. The fourth-order valence-electron chi connectivity index (χ4n) is 1.58. The molecule has 0 N–H and O–H groups in total. The third kappa shape index (κ3) is 1.04. The molecule has 1 atom stereocenters. The van der Waals surface area contributed by atoms with Crippen molar-refractivity contribution in [3.8, 4) is 6.07 Å². The van der Waals surface area contributed by atoms with E-state index in [1.165, 1.54) is 12.1 Å². The van der Waals surface area contributed by atoms with Crippen molar-refractivity contribution < 1.29 is 9.18 Å². The quantitative estimate of drug-likeness (QED) is 0.658. The van der Waals surface area contributed by atoms with E-state index >= 15 is 0 Å². The van der Waals surface area contributed by atoms with Gasteiger partial charge in [0.25, 0.3) is 5.67 Å². The van der Waals surface area contributed by atoms with Crippen molar-refractivity contribution in [2.75, 3.05) is 0 Å². The molecule has 0 aliphatic heterocycles. The Kier molecular flexibility index (Phi) is 1.83. The van der Waals surface area contributed by atoms with Gasteiger partial charge in [-0.1, -0.05) is 23.7 Å². The van der Waals surface area contributed by atoms with Gasteiger partial charge in [0.15, 0.2) is 0 Å². The number of nitrogens with zero attached hydrogens (tertiary/aromatic N) is 1. The minimum atomic E-state index is -2.42. The third-order valence-corrected chi connectivity index (χ3v) is 2.68. The Morgan fingerprint density at radius 2 is 2.29 bits per heavy atom. The number of rotatable bonds is 0. The van der Waals surface area contributed by atoms with Crippen molar-refractivity contribution in [1.82, 2.24) is 0 Å². The molecule has 0 aromatic heterocycles. The standard InChI is InChI=1S/C10H5ClFNO/c11-8-3-1-2-6-7(8)4-10(12,5-13)9(6)14/h1-3H,4H2/t10-/m1/s1. The Morgan fingerprint density at radius 1 is 1.57 bits per heavy atom. The fourth-order valence-corrected chi connectivity index (χ4v) is 1.82. The van der Waals surface area contributed by atoms with Crippen molar-refractivity contribution in [2.45, 2.75) is 12.1 Å². The molecular weight excluding hydrogens is 205 g/mol. The summed E-state index contributed by atoms with van der Waals surface area (Å²) in [5.41, 5.74) is -1.77. The van der Waals surface area contributed by atoms with Crippen LogP contribution in [0.2, 0.25) is 5.02 Å². The SMILES string of the molecule is N#C[C@]1(F)Cc2c(Cl)cccc2C1=O. The number of Topliss-reactive ketones (excluding diaryl/α,β-unsaturated/α-hetero) is 1. The molecule has 0 unspecified atom stereocenters. The second-order valence-corrected chi connectivity index (χ2v) is 3.59. The highest BCUT2D eigenvalue weighted by Crippen LogP contribution is 2.36. The summed E-state index contributed by atoms with van der Waals surface area (Å²) in [6, 6.07) is 6.03. The monoisotopic (exact) mass is 209 g/mol. The van der Waals surface area contributed by atoms with E-state index < -0.39 is 11.5 Å². The third-order valence-electron chi connectivity index (χ3n) is 2.32. The first-order chi connectivity index (χ1) is 6.58. The van der Waals surface area contributed by atoms with Gasteiger partial charge >= 0.3 is 0 Å². The number of hydrogen-bond acceptors (Lipinski definition) is 2. The van der Waals surface area contributed by atoms with Crippen LogP contribution in [0.25, 0.3) is 0 Å². The Bertz CT molecular complexity index is 466. The average Bonchev–Trinajstić information content (AvgIpc) is 2.44. The molecule has 0 bridgehead atoms. The molecule has 70 valence electrons. The summed E-state index contributed by atoms with van der Waals surface area (Å²) in [6.07, 6.45) is -0.239. The topological polar surface area (TPSA) is 40.9 Å². The molecule has 1 aliphatic rings. The highest BCUT2D eigenvalue weighted by atomic mass is 35.5. The maximum atomic E-state index is 13.6. The number of fused-ring (bicyclic) bond motifs is 1. The lowest BCUT2D eigenvalue weighted by molar-refractivity contribution is 0.0820. The summed E-state index contributed by atoms with van der Waals surface area (Å²) < 4.78 is 13.6. The normalized spacial score (nSPS) is 24.5. The number of carbonyl (C=O) groups is 1. The first kappa shape index (κ1) is 9.17. The number of carbonyl (C=O) groups excluding carboxylic acids is 1. The van der Waals surface area contributed by atoms with E-state index in [1.54, 1.807) is 12.1 Å². The van der Waals surface area contributed by atoms with Gasteiger partial charge in [-0.05, 0) is 11.6 Å². The predicted molar refractivity (Wildman–Crippen MR) is 48.9 cm³/mol. The zero-order valence-corrected chi connectivity index (χ0v) is 7.81. The number of alkyl halides is 1. The van der Waals surface area contributed by atoms with E-state index in [2.05, 4.69) is 0 Å². The van der Waals surface area contributed by atoms with E-state index in [4.69, 9.17) is 16.9 Å². The van der Waals surface area contributed by atoms with Crippen molar-refractivity contribution in [2.24, 2.45) is 0 Å². The zero-order valence-electron chi connectivity index (χ0n) is 7.05. The average molecular weight is 210 g/mol. The fraction of sp³-hybridized carbons (Fsp3) is 0.200. The highest BCUT2D eigenvalue weighted by molar-refractivity contribution is 6.32. The number of halogens is 2. The summed E-state index contributed by atoms with van der Waals surface area (Å²) in [7, 11) is 0. The molecule has 2 nitrogen and oxygen atoms in total. The lowest BCUT2D eigenvalue weighted by Gasteiger charge is -2.04. The second-order valence-electron chi connectivity index (χ2n) is 3.18. The summed E-state index contributed by atoms with van der Waals surface area (Å²) in [5, 5.41) is 8.91. The van der Waals surface area contributed by atoms with Crippen LogP contribution in [-0.2, 0) is 6.42 Å². The van der Waals surface area contributed by atoms with Crippen LogP contribution in [0.5, 0.6) is 0 Å². The van der Waals surface area contributed by atoms with Gasteiger partial charge < -0.3 is 0 Å². The van der Waals surface area contributed by atoms with Crippen molar-refractivity contribution >= 4 is 17.4 Å². The van der Waals surface area contributed by atoms with Crippen LogP contribution in [0.15, 0.2) is 18.2 Å². The largest absolute Gasteiger partial charge is 0.289 e. The van der Waals surface area contributed by atoms with Crippen molar-refractivity contribution in [1.29, 1.82) is 5.26 Å². The molecule has 1 aromatic rings. The molecule has 4 heteroatoms. The molecular formula is C10H5ClFNO. The molecule has 0 saturated carbocycles. The van der Waals surface area contributed by atoms with E-state index in [0.717, 1.165) is 0 Å². The van der Waals surface area contributed by atoms with E-state index in [9.17, 15) is 9.18 Å². The summed E-state index contributed by atoms with van der Waals surface area (Å²) in [5.74, 6) is -0.780. The molecule has 0 fully saturated rings. The summed E-state index contributed by atoms with van der Waals surface area (Å²) >= 11 is 5.79. The Labute approximate surface area is 84.9 Å². The number of hydrogen-bond donors (Lipinski definition) is 0. The minimum Gasteiger partial charge on any atom is -0.289 e. The van der Waals surface area contributed by atoms with Crippen LogP contribution in [-0.4, -0.2) is 11.5 Å². The van der Waals surface area contributed by atoms with Crippen molar-refractivity contribution in [3.05, 3.63) is 34.3 Å². The predicted octanol–water partition coefficient (Wildman–Crippen LogP) is 2.31. The van der Waals surface area contributed by atoms with Crippen LogP contribution in [0.3, 0.4) is 0 Å². The summed E-state index contributed by atoms with van der Waals surface area (Å²) in [6.45, 7) is 0. The van der Waals surface area contributed by atoms with Crippen LogP contribution >= 0.6 is 11.6 Å². The number of nitriles is 1. The van der Waals surface area contributed by atoms with Gasteiger partial charge in [0.1, 0.15) is 6.07 Å². The minimum absolute atomic E-state index is 0.224. The number of benzene rings is 1. The van der Waals surface area contributed by atoms with E-state index in [-0.39, 0.29) is 12.0 Å². The smallest absolute Gasteiger partial charge is 0.262 e. The molecule has 1 aromatic carbocycles. The molecule has 0 radical (unpaired) electrons. The van der Waals surface area contributed by atoms with Crippen LogP contribution in [0.1, 0.15) is 15.9 Å². The second kappa shape index (κ2) is 2.79. The van der Waals surface area contributed by atoms with Gasteiger partial charge in [-0.2, -0.15) is 5.26 Å². The Hall–Kier alpha value is -1.40. The van der Waals surface area contributed by atoms with Gasteiger partial charge in [-0.15, -0.1) is 0 Å². The lowest BCUT2D eigenvalue weighted by Crippen LogP contribution is -2.27. The molecule has 0 amide bonds. The molecule has 0 heterocycles. The lowest BCUT2D eigenvalue weighted by atomic mass is 10.0. The van der Waals surface area contributed by atoms with Gasteiger partial charge in [0.2, 0.25) is 5.78 Å². The van der Waals surface area contributed by atoms with Gasteiger partial charge in [0, 0.05) is 17.0 Å². The van der Waals surface area contributed by atoms with Gasteiger partial charge in [0.05, 0.1) is 0 Å². The maximum absolute atomic E-state index is 13.6. The highest BCUT2D eigenvalue weighted by Gasteiger charge is 2.47.